The number of nitrogens with one attached hydrogen (secondary N) is 1. The number of aryl methyl sites for hydroxylation is 1. The van der Waals surface area contributed by atoms with Crippen LogP contribution in [0.15, 0.2) is 60.8 Å². The molecule has 40 heavy (non-hydrogen) atoms. The summed E-state index contributed by atoms with van der Waals surface area (Å²) in [7, 11) is 1.33. The fraction of sp³-hybridized carbons (Fsp3) is 0.276. The van der Waals surface area contributed by atoms with E-state index in [0.29, 0.717) is 58.6 Å². The van der Waals surface area contributed by atoms with Crippen LogP contribution in [0.5, 0.6) is 5.75 Å². The Kier molecular flexibility index (Phi) is 6.73. The molecule has 2 aromatic carbocycles. The summed E-state index contributed by atoms with van der Waals surface area (Å²) in [4.78, 5) is 29.4. The lowest BCUT2D eigenvalue weighted by Crippen LogP contribution is -2.35. The molecule has 1 N–H and O–H groups in total. The molecule has 0 bridgehead atoms. The van der Waals surface area contributed by atoms with Gasteiger partial charge in [-0.25, -0.2) is 9.48 Å². The number of amides is 1. The molecule has 204 valence electrons. The molecule has 0 aliphatic carbocycles. The number of ether oxygens (including phenoxy) is 3. The van der Waals surface area contributed by atoms with Gasteiger partial charge in [0, 0.05) is 16.3 Å². The largest absolute Gasteiger partial charge is 0.486 e. The molecule has 11 heteroatoms. The van der Waals surface area contributed by atoms with Crippen LogP contribution in [0.3, 0.4) is 0 Å². The number of para-hydroxylation sites is 1. The highest BCUT2D eigenvalue weighted by Gasteiger charge is 2.52. The number of esters is 1. The van der Waals surface area contributed by atoms with E-state index in [1.807, 2.05) is 24.3 Å². The van der Waals surface area contributed by atoms with Crippen LogP contribution in [0.1, 0.15) is 33.7 Å². The van der Waals surface area contributed by atoms with Crippen molar-refractivity contribution in [1.82, 2.24) is 20.0 Å². The Morgan fingerprint density at radius 1 is 1.23 bits per heavy atom. The molecule has 4 aromatic rings. The highest BCUT2D eigenvalue weighted by atomic mass is 35.5. The molecule has 1 fully saturated rings. The second-order valence-corrected chi connectivity index (χ2v) is 10.3. The van der Waals surface area contributed by atoms with Crippen molar-refractivity contribution >= 4 is 29.2 Å². The summed E-state index contributed by atoms with van der Waals surface area (Å²) in [5.41, 5.74) is 4.01. The molecule has 1 amide bonds. The number of rotatable bonds is 7. The molecule has 2 aliphatic rings. The number of carbonyl (C=O) groups excluding carboxylic acids is 2. The molecular weight excluding hydrogens is 534 g/mol. The minimum Gasteiger partial charge on any atom is -0.486 e. The van der Waals surface area contributed by atoms with Gasteiger partial charge < -0.3 is 19.5 Å². The fourth-order valence-corrected chi connectivity index (χ4v) is 5.49. The molecule has 0 saturated carbocycles. The third-order valence-corrected chi connectivity index (χ3v) is 7.56. The van der Waals surface area contributed by atoms with Gasteiger partial charge in [0.05, 0.1) is 49.5 Å². The summed E-state index contributed by atoms with van der Waals surface area (Å²) < 4.78 is 18.7. The monoisotopic (exact) mass is 559 g/mol. The van der Waals surface area contributed by atoms with E-state index in [1.165, 1.54) is 7.11 Å². The van der Waals surface area contributed by atoms with Crippen LogP contribution in [0.25, 0.3) is 11.3 Å². The quantitative estimate of drug-likeness (QED) is 0.332. The van der Waals surface area contributed by atoms with Crippen molar-refractivity contribution < 1.29 is 23.8 Å². The number of halogens is 1. The average molecular weight is 560 g/mol. The minimum absolute atomic E-state index is 0.0210. The summed E-state index contributed by atoms with van der Waals surface area (Å²) in [5, 5.41) is 12.0. The summed E-state index contributed by atoms with van der Waals surface area (Å²) in [6.07, 6.45) is 2.19. The van der Waals surface area contributed by atoms with E-state index >= 15 is 0 Å². The molecule has 2 aromatic heterocycles. The van der Waals surface area contributed by atoms with Gasteiger partial charge in [-0.3, -0.25) is 9.78 Å². The second-order valence-electron chi connectivity index (χ2n) is 9.90. The number of carbonyl (C=O) groups is 2. The van der Waals surface area contributed by atoms with E-state index in [0.717, 1.165) is 11.3 Å². The van der Waals surface area contributed by atoms with Gasteiger partial charge in [0.15, 0.2) is 0 Å². The van der Waals surface area contributed by atoms with Crippen LogP contribution in [-0.2, 0) is 32.8 Å². The van der Waals surface area contributed by atoms with E-state index in [1.54, 1.807) is 48.1 Å². The molecule has 0 radical (unpaired) electrons. The Morgan fingerprint density at radius 2 is 2.08 bits per heavy atom. The van der Waals surface area contributed by atoms with E-state index in [2.05, 4.69) is 20.6 Å². The van der Waals surface area contributed by atoms with Crippen LogP contribution < -0.4 is 10.1 Å². The van der Waals surface area contributed by atoms with Gasteiger partial charge in [0.1, 0.15) is 23.5 Å². The van der Waals surface area contributed by atoms with Crippen LogP contribution in [0.2, 0.25) is 5.02 Å². The van der Waals surface area contributed by atoms with Gasteiger partial charge in [-0.1, -0.05) is 35.0 Å². The molecule has 10 nitrogen and oxygen atoms in total. The summed E-state index contributed by atoms with van der Waals surface area (Å²) in [6.45, 7) is 2.71. The van der Waals surface area contributed by atoms with E-state index in [4.69, 9.17) is 25.8 Å². The smallest absolute Gasteiger partial charge is 0.339 e. The molecular formula is C29H26ClN5O5. The number of hydrogen-bond donors (Lipinski definition) is 1. The van der Waals surface area contributed by atoms with Crippen LogP contribution in [0, 0.1) is 6.92 Å². The summed E-state index contributed by atoms with van der Waals surface area (Å²) in [5.74, 6) is 0.0904. The summed E-state index contributed by atoms with van der Waals surface area (Å²) >= 11 is 6.27. The van der Waals surface area contributed by atoms with Gasteiger partial charge >= 0.3 is 5.97 Å². The Morgan fingerprint density at radius 3 is 2.90 bits per heavy atom. The Bertz CT molecular complexity index is 1620. The first-order valence-electron chi connectivity index (χ1n) is 12.8. The van der Waals surface area contributed by atoms with Crippen molar-refractivity contribution in [2.75, 3.05) is 19.0 Å². The van der Waals surface area contributed by atoms with Crippen molar-refractivity contribution in [3.63, 3.8) is 0 Å². The van der Waals surface area contributed by atoms with Gasteiger partial charge in [-0.2, -0.15) is 0 Å². The first-order valence-corrected chi connectivity index (χ1v) is 13.1. The first-order chi connectivity index (χ1) is 19.4. The van der Waals surface area contributed by atoms with Crippen molar-refractivity contribution in [3.05, 3.63) is 88.3 Å². The fourth-order valence-electron chi connectivity index (χ4n) is 5.32. The predicted molar refractivity (Wildman–Crippen MR) is 146 cm³/mol. The lowest BCUT2D eigenvalue weighted by Gasteiger charge is -2.19. The first kappa shape index (κ1) is 26.0. The van der Waals surface area contributed by atoms with E-state index < -0.39 is 11.4 Å². The molecule has 1 saturated heterocycles. The lowest BCUT2D eigenvalue weighted by atomic mass is 9.79. The molecule has 2 atom stereocenters. The van der Waals surface area contributed by atoms with Crippen molar-refractivity contribution in [3.8, 4) is 17.0 Å². The molecule has 2 aliphatic heterocycles. The predicted octanol–water partition coefficient (Wildman–Crippen LogP) is 4.35. The number of pyridine rings is 1. The zero-order chi connectivity index (χ0) is 27.9. The van der Waals surface area contributed by atoms with Crippen LogP contribution >= 0.6 is 11.6 Å². The topological polar surface area (TPSA) is 117 Å². The Balaban J connectivity index is 1.13. The maximum atomic E-state index is 12.8. The van der Waals surface area contributed by atoms with Gasteiger partial charge in [-0.15, -0.1) is 5.10 Å². The number of hydrogen-bond acceptors (Lipinski definition) is 8. The third-order valence-electron chi connectivity index (χ3n) is 7.33. The van der Waals surface area contributed by atoms with E-state index in [9.17, 15) is 9.59 Å². The number of aromatic nitrogens is 4. The molecule has 1 spiro atoms. The van der Waals surface area contributed by atoms with Crippen molar-refractivity contribution in [1.29, 1.82) is 0 Å². The van der Waals surface area contributed by atoms with Crippen LogP contribution in [-0.4, -0.2) is 51.7 Å². The average Bonchev–Trinajstić information content (AvgIpc) is 3.66. The maximum absolute atomic E-state index is 12.8. The number of anilines is 1. The minimum atomic E-state index is -0.666. The van der Waals surface area contributed by atoms with Crippen molar-refractivity contribution in [2.45, 2.75) is 38.0 Å². The van der Waals surface area contributed by atoms with Gasteiger partial charge in [-0.05, 0) is 55.3 Å². The highest BCUT2D eigenvalue weighted by Crippen LogP contribution is 2.45. The zero-order valence-electron chi connectivity index (χ0n) is 21.9. The SMILES string of the molecule is COC(=O)c1ccc(-c2cc(Cl)ccc2OCc2cn(CC3CC4(CO3)C(=O)Nc3ccccc34)nn2)nc1C. The second kappa shape index (κ2) is 10.4. The third kappa shape index (κ3) is 4.69. The number of benzene rings is 2. The van der Waals surface area contributed by atoms with Crippen molar-refractivity contribution in [2.24, 2.45) is 0 Å². The Labute approximate surface area is 235 Å². The van der Waals surface area contributed by atoms with Gasteiger partial charge in [0.2, 0.25) is 5.91 Å². The standard InChI is InChI=1S/C29H26ClN5O5/c1-17-21(27(36)38-2)8-9-24(31-17)22-11-18(30)7-10-26(22)39-15-19-13-35(34-33-19)14-20-12-29(16-40-20)23-5-3-4-6-25(23)32-28(29)37/h3-11,13,20H,12,14-16H2,1-2H3,(H,32,37). The molecule has 6 rings (SSSR count). The molecule has 2 unspecified atom stereocenters. The highest BCUT2D eigenvalue weighted by molar-refractivity contribution is 6.31. The lowest BCUT2D eigenvalue weighted by molar-refractivity contribution is -0.120. The summed E-state index contributed by atoms with van der Waals surface area (Å²) in [6, 6.07) is 16.4. The van der Waals surface area contributed by atoms with Gasteiger partial charge in [0.25, 0.3) is 0 Å². The maximum Gasteiger partial charge on any atom is 0.339 e. The number of fused-ring (bicyclic) bond motifs is 2. The number of nitrogens with zero attached hydrogens (tertiary/aromatic N) is 4. The molecule has 4 heterocycles. The van der Waals surface area contributed by atoms with Crippen LogP contribution in [0.4, 0.5) is 5.69 Å². The Hall–Kier alpha value is -4.28. The normalized spacial score (nSPS) is 19.5. The number of methoxy groups -OCH3 is 1. The zero-order valence-corrected chi connectivity index (χ0v) is 22.6. The van der Waals surface area contributed by atoms with E-state index in [-0.39, 0.29) is 18.6 Å².